The Balaban J connectivity index is 0.000000277. The number of nitrogens with one attached hydrogen (secondary N) is 1. The standard InChI is InChI=1S/C13H13N3O.C2H6O3S/c1-9-13(2,17)14-12-11-6-4-3-5-10(11)7-8-16(12)15-9;1-2-6(3,4)5/h3-8,17H,1-2H3;2H2,1H3,(H,3,4,5). The maximum Gasteiger partial charge on any atom is 0.310 e. The molecule has 0 fully saturated rings. The lowest BCUT2D eigenvalue weighted by molar-refractivity contribution is -0.666. The molecule has 1 atom stereocenters. The van der Waals surface area contributed by atoms with Gasteiger partial charge in [0.2, 0.25) is 5.72 Å². The van der Waals surface area contributed by atoms with E-state index in [1.165, 1.54) is 6.92 Å². The molecule has 1 aromatic carbocycles. The van der Waals surface area contributed by atoms with Gasteiger partial charge in [-0.2, -0.15) is 0 Å². The lowest BCUT2D eigenvalue weighted by Crippen LogP contribution is -2.52. The molecule has 2 aromatic rings. The number of benzene rings is 1. The zero-order valence-electron chi connectivity index (χ0n) is 13.1. The summed E-state index contributed by atoms with van der Waals surface area (Å²) in [5.74, 6) is 0.506. The molecule has 1 unspecified atom stereocenters. The summed E-state index contributed by atoms with van der Waals surface area (Å²) < 4.78 is 30.1. The molecule has 1 aliphatic heterocycles. The Morgan fingerprint density at radius 2 is 1.96 bits per heavy atom. The Kier molecular flexibility index (Phi) is 4.69. The molecule has 0 bridgehead atoms. The van der Waals surface area contributed by atoms with Crippen LogP contribution in [0.2, 0.25) is 0 Å². The van der Waals surface area contributed by atoms with Crippen molar-refractivity contribution in [1.29, 1.82) is 0 Å². The monoisotopic (exact) mass is 337 g/mol. The molecular weight excluding hydrogens is 318 g/mol. The molecule has 2 N–H and O–H groups in total. The molecule has 124 valence electrons. The number of anilines is 1. The lowest BCUT2D eigenvalue weighted by atomic mass is 10.1. The van der Waals surface area contributed by atoms with Gasteiger partial charge >= 0.3 is 5.82 Å². The van der Waals surface area contributed by atoms with Gasteiger partial charge in [0.15, 0.2) is 0 Å². The van der Waals surface area contributed by atoms with E-state index in [4.69, 9.17) is 0 Å². The quantitative estimate of drug-likeness (QED) is 0.597. The molecule has 3 rings (SSSR count). The first-order valence-corrected chi connectivity index (χ1v) is 8.65. The van der Waals surface area contributed by atoms with Crippen LogP contribution >= 0.6 is 0 Å². The van der Waals surface area contributed by atoms with Gasteiger partial charge in [-0.1, -0.05) is 30.2 Å². The summed E-state index contributed by atoms with van der Waals surface area (Å²) in [7, 11) is -3.91. The van der Waals surface area contributed by atoms with Crippen LogP contribution in [0.4, 0.5) is 5.82 Å². The van der Waals surface area contributed by atoms with Crippen LogP contribution in [0.15, 0.2) is 41.6 Å². The molecule has 8 heteroatoms. The zero-order valence-corrected chi connectivity index (χ0v) is 14.0. The van der Waals surface area contributed by atoms with Gasteiger partial charge in [0.05, 0.1) is 15.5 Å². The molecule has 0 saturated carbocycles. The van der Waals surface area contributed by atoms with Crippen molar-refractivity contribution < 1.29 is 22.8 Å². The third-order valence-electron chi connectivity index (χ3n) is 3.52. The number of fused-ring (bicyclic) bond motifs is 3. The second-order valence-corrected chi connectivity index (χ2v) is 7.02. The smallest absolute Gasteiger partial charge is 0.310 e. The van der Waals surface area contributed by atoms with Crippen LogP contribution < -0.4 is 9.99 Å². The van der Waals surface area contributed by atoms with Crippen molar-refractivity contribution >= 4 is 32.4 Å². The van der Waals surface area contributed by atoms with Gasteiger partial charge < -0.3 is 9.66 Å². The van der Waals surface area contributed by atoms with Gasteiger partial charge in [-0.25, -0.2) is 13.7 Å². The molecule has 0 spiro atoms. The first-order chi connectivity index (χ1) is 10.6. The molecule has 1 aliphatic rings. The van der Waals surface area contributed by atoms with Crippen molar-refractivity contribution in [2.24, 2.45) is 5.10 Å². The summed E-state index contributed by atoms with van der Waals surface area (Å²) in [6.45, 7) is 4.82. The highest BCUT2D eigenvalue weighted by Crippen LogP contribution is 2.24. The predicted octanol–water partition coefficient (Wildman–Crippen LogP) is 1.04. The fraction of sp³-hybridized carbons (Fsp3) is 0.333. The number of pyridine rings is 1. The van der Waals surface area contributed by atoms with E-state index in [0.29, 0.717) is 5.71 Å². The van der Waals surface area contributed by atoms with Gasteiger partial charge in [-0.3, -0.25) is 0 Å². The first kappa shape index (κ1) is 17.3. The zero-order chi connectivity index (χ0) is 17.3. The van der Waals surface area contributed by atoms with Crippen molar-refractivity contribution in [3.63, 3.8) is 0 Å². The number of rotatable bonds is 1. The maximum atomic E-state index is 10.2. The van der Waals surface area contributed by atoms with Gasteiger partial charge in [0.1, 0.15) is 11.9 Å². The van der Waals surface area contributed by atoms with Crippen molar-refractivity contribution in [3.05, 3.63) is 36.5 Å². The molecule has 1 aromatic heterocycles. The van der Waals surface area contributed by atoms with Crippen LogP contribution in [-0.2, 0) is 10.1 Å². The summed E-state index contributed by atoms with van der Waals surface area (Å²) in [6, 6.07) is 10.0. The third-order valence-corrected chi connectivity index (χ3v) is 4.23. The van der Waals surface area contributed by atoms with Crippen LogP contribution in [0.1, 0.15) is 20.8 Å². The number of aliphatic hydroxyl groups is 1. The Morgan fingerprint density at radius 3 is 2.57 bits per heavy atom. The highest BCUT2D eigenvalue weighted by molar-refractivity contribution is 7.85. The third kappa shape index (κ3) is 4.04. The highest BCUT2D eigenvalue weighted by atomic mass is 32.2. The highest BCUT2D eigenvalue weighted by Gasteiger charge is 2.37. The lowest BCUT2D eigenvalue weighted by Gasteiger charge is -2.24. The largest absolute Gasteiger partial charge is 0.748 e. The number of nitrogens with zero attached hydrogens (tertiary/aromatic N) is 2. The topological polar surface area (TPSA) is 106 Å². The van der Waals surface area contributed by atoms with Crippen LogP contribution in [0.5, 0.6) is 0 Å². The second kappa shape index (κ2) is 6.23. The van der Waals surface area contributed by atoms with E-state index in [1.54, 1.807) is 18.5 Å². The normalized spacial score (nSPS) is 20.0. The molecular formula is C15H19N3O4S. The van der Waals surface area contributed by atoms with Gasteiger partial charge in [0, 0.05) is 12.7 Å². The Hall–Kier alpha value is -2.03. The first-order valence-electron chi connectivity index (χ1n) is 7.07. The van der Waals surface area contributed by atoms with Crippen molar-refractivity contribution in [2.75, 3.05) is 11.1 Å². The van der Waals surface area contributed by atoms with E-state index in [1.807, 2.05) is 36.5 Å². The fourth-order valence-corrected chi connectivity index (χ4v) is 1.99. The van der Waals surface area contributed by atoms with Crippen LogP contribution in [0.3, 0.4) is 0 Å². The van der Waals surface area contributed by atoms with E-state index in [2.05, 4.69) is 10.4 Å². The number of hydrogen-bond acceptors (Lipinski definition) is 6. The maximum absolute atomic E-state index is 10.2. The summed E-state index contributed by atoms with van der Waals surface area (Å²) in [6.07, 6.45) is 1.89. The van der Waals surface area contributed by atoms with Crippen LogP contribution in [0, 0.1) is 0 Å². The minimum Gasteiger partial charge on any atom is -0.748 e. The summed E-state index contributed by atoms with van der Waals surface area (Å²) in [5.41, 5.74) is -0.449. The van der Waals surface area contributed by atoms with Crippen LogP contribution in [-0.4, -0.2) is 35.3 Å². The predicted molar refractivity (Wildman–Crippen MR) is 87.1 cm³/mol. The molecule has 2 heterocycles. The molecule has 7 nitrogen and oxygen atoms in total. The SMILES string of the molecule is CC1=N[n+]2ccc3ccccc3c2NC1(C)O.CCS(=O)(=O)[O-]. The van der Waals surface area contributed by atoms with Gasteiger partial charge in [-0.05, 0) is 24.4 Å². The molecule has 0 saturated heterocycles. The van der Waals surface area contributed by atoms with Gasteiger partial charge in [-0.15, -0.1) is 4.68 Å². The number of aromatic nitrogens is 1. The summed E-state index contributed by atoms with van der Waals surface area (Å²) in [4.78, 5) is 0. The Morgan fingerprint density at radius 1 is 1.35 bits per heavy atom. The summed E-state index contributed by atoms with van der Waals surface area (Å²) in [5, 5.41) is 19.8. The minimum absolute atomic E-state index is 0.312. The van der Waals surface area contributed by atoms with E-state index >= 15 is 0 Å². The fourth-order valence-electron chi connectivity index (χ4n) is 1.99. The van der Waals surface area contributed by atoms with Gasteiger partial charge in [0.25, 0.3) is 0 Å². The molecule has 23 heavy (non-hydrogen) atoms. The van der Waals surface area contributed by atoms with Crippen molar-refractivity contribution in [3.8, 4) is 0 Å². The van der Waals surface area contributed by atoms with Crippen LogP contribution in [0.25, 0.3) is 10.8 Å². The Labute approximate surface area is 135 Å². The average molecular weight is 337 g/mol. The average Bonchev–Trinajstić information content (AvgIpc) is 2.48. The molecule has 0 radical (unpaired) electrons. The van der Waals surface area contributed by atoms with E-state index in [0.717, 1.165) is 16.6 Å². The number of hydrogen-bond donors (Lipinski definition) is 2. The van der Waals surface area contributed by atoms with E-state index < -0.39 is 15.8 Å². The van der Waals surface area contributed by atoms with Crippen molar-refractivity contribution in [1.82, 2.24) is 0 Å². The Bertz CT molecular complexity index is 860. The minimum atomic E-state index is -3.91. The van der Waals surface area contributed by atoms with E-state index in [-0.39, 0.29) is 5.75 Å². The molecule has 0 aliphatic carbocycles. The van der Waals surface area contributed by atoms with E-state index in [9.17, 15) is 18.1 Å². The second-order valence-electron chi connectivity index (χ2n) is 5.33. The van der Waals surface area contributed by atoms with Crippen molar-refractivity contribution in [2.45, 2.75) is 26.5 Å². The summed E-state index contributed by atoms with van der Waals surface area (Å²) >= 11 is 0. The molecule has 0 amide bonds.